The second kappa shape index (κ2) is 22.6. The molecule has 8 N–H and O–H groups in total. The van der Waals surface area contributed by atoms with E-state index in [2.05, 4.69) is 16.0 Å². The molecule has 0 saturated carbocycles. The van der Waals surface area contributed by atoms with E-state index in [1.165, 1.54) is 77.0 Å². The summed E-state index contributed by atoms with van der Waals surface area (Å²) in [6.07, 6.45) is 0.253. The molecule has 0 aromatic heterocycles. The molecule has 26 heteroatoms. The number of hydrogen-bond acceptors (Lipinski definition) is 17. The quantitative estimate of drug-likeness (QED) is 0.0657. The number of benzene rings is 4. The molecule has 1 aliphatic rings. The Morgan fingerprint density at radius 2 is 0.794 bits per heavy atom. The lowest BCUT2D eigenvalue weighted by Crippen LogP contribution is -2.57. The van der Waals surface area contributed by atoms with Gasteiger partial charge in [0.1, 0.15) is 42.6 Å². The van der Waals surface area contributed by atoms with Crippen molar-refractivity contribution < 1.29 is 80.7 Å². The molecule has 1 heterocycles. The smallest absolute Gasteiger partial charge is 0.317 e. The summed E-state index contributed by atoms with van der Waals surface area (Å²) in [7, 11) is -14.1. The molecule has 68 heavy (non-hydrogen) atoms. The maximum absolute atomic E-state index is 12.7. The number of nitrogens with zero attached hydrogens (tertiary/aromatic N) is 1. The van der Waals surface area contributed by atoms with Crippen LogP contribution in [0, 0.1) is 0 Å². The normalized spacial score (nSPS) is 19.3. The van der Waals surface area contributed by atoms with E-state index in [4.69, 9.17) is 18.9 Å². The number of carbonyl (C=O) groups is 1. The van der Waals surface area contributed by atoms with Crippen LogP contribution < -0.4 is 34.9 Å². The van der Waals surface area contributed by atoms with Gasteiger partial charge in [0, 0.05) is 50.3 Å². The van der Waals surface area contributed by atoms with Crippen molar-refractivity contribution >= 4 is 46.4 Å². The topological polar surface area (TPSA) is 331 Å². The highest BCUT2D eigenvalue weighted by Gasteiger charge is 2.30. The van der Waals surface area contributed by atoms with Gasteiger partial charge in [-0.25, -0.2) is 0 Å². The molecule has 0 unspecified atom stereocenters. The largest absolute Gasteiger partial charge is 0.495 e. The Kier molecular flexibility index (Phi) is 18.0. The van der Waals surface area contributed by atoms with Gasteiger partial charge in [-0.15, -0.1) is 0 Å². The first kappa shape index (κ1) is 54.0. The third kappa shape index (κ3) is 14.8. The van der Waals surface area contributed by atoms with Crippen molar-refractivity contribution in [3.63, 3.8) is 0 Å². The summed E-state index contributed by atoms with van der Waals surface area (Å²) in [4.78, 5) is 12.3. The van der Waals surface area contributed by atoms with Crippen molar-refractivity contribution in [1.82, 2.24) is 20.9 Å². The van der Waals surface area contributed by atoms with Gasteiger partial charge in [0.2, 0.25) is 0 Å². The van der Waals surface area contributed by atoms with Crippen molar-refractivity contribution in [2.24, 2.45) is 0 Å². The van der Waals surface area contributed by atoms with Crippen LogP contribution in [-0.4, -0.2) is 153 Å². The van der Waals surface area contributed by atoms with E-state index in [1.807, 2.05) is 0 Å². The number of nitrogens with one attached hydrogen (secondary N) is 3. The Balaban J connectivity index is 1.64. The molecule has 1 saturated heterocycles. The third-order valence-corrected chi connectivity index (χ3v) is 14.7. The third-order valence-electron chi connectivity index (χ3n) is 11.2. The molecule has 22 nitrogen and oxygen atoms in total. The van der Waals surface area contributed by atoms with Crippen molar-refractivity contribution in [2.75, 3.05) is 61.2 Å². The van der Waals surface area contributed by atoms with E-state index in [0.717, 1.165) is 0 Å². The van der Waals surface area contributed by atoms with Gasteiger partial charge in [0.15, 0.2) is 0 Å². The van der Waals surface area contributed by atoms with Crippen molar-refractivity contribution in [3.05, 3.63) is 95.1 Å². The highest BCUT2D eigenvalue weighted by molar-refractivity contribution is 7.86. The standard InChI is InChI=1S/C42H54N4O18S4/c1-61-34-9-5-26(17-38(34)65(49,50)51)13-30-22-44-32(15-28-7-11-36(63-3)40(19-28)67(55,56)57)24-46(25-42(47)48)33(16-29-8-12-37(64-4)41(20-29)68(58,59)60)23-45-31(21-43-30)14-27-6-10-35(62-2)39(18-27)66(52,53)54/h5-12,17-20,30-33,43-45H,13-16,21-25H2,1-4H3,(H,47,48)(H,49,50,51)(H,52,53,54)(H,55,56,57)(H,58,59,60)/t30-,31-,32-,33-/m0/s1. The van der Waals surface area contributed by atoms with Crippen molar-refractivity contribution in [2.45, 2.75) is 69.4 Å². The Hall–Kier alpha value is -4.97. The number of carboxylic acid groups (broad SMARTS) is 1. The van der Waals surface area contributed by atoms with Gasteiger partial charge in [0.05, 0.1) is 35.0 Å². The SMILES string of the molecule is COc1ccc(C[C@H]2CN[C@@H](Cc3ccc(OC)c(S(=O)(=O)O)c3)CN(CC(=O)O)[C@@H](Cc3ccc(OC)c(S(=O)(=O)O)c3)CN[C@@H](Cc3ccc(OC)c(S(=O)(=O)O)c3)CN2)cc1S(=O)(=O)O. The number of carboxylic acids is 1. The highest BCUT2D eigenvalue weighted by Crippen LogP contribution is 2.30. The molecule has 4 aromatic rings. The number of ether oxygens (including phenoxy) is 4. The zero-order chi connectivity index (χ0) is 50.2. The lowest BCUT2D eigenvalue weighted by Gasteiger charge is -2.37. The van der Waals surface area contributed by atoms with Crippen molar-refractivity contribution in [1.29, 1.82) is 0 Å². The summed E-state index contributed by atoms with van der Waals surface area (Å²) in [6, 6.07) is 14.1. The van der Waals surface area contributed by atoms with Crippen LogP contribution in [0.2, 0.25) is 0 Å². The molecule has 0 aliphatic carbocycles. The molecule has 0 radical (unpaired) electrons. The first-order valence-corrected chi connectivity index (χ1v) is 26.3. The molecule has 0 bridgehead atoms. The summed E-state index contributed by atoms with van der Waals surface area (Å²) in [5.41, 5.74) is 1.63. The highest BCUT2D eigenvalue weighted by atomic mass is 32.2. The molecule has 0 amide bonds. The number of hydrogen-bond donors (Lipinski definition) is 8. The summed E-state index contributed by atoms with van der Waals surface area (Å²) in [6.45, 7) is -0.434. The molecule has 0 spiro atoms. The van der Waals surface area contributed by atoms with E-state index >= 15 is 0 Å². The molecule has 4 aromatic carbocycles. The van der Waals surface area contributed by atoms with E-state index in [0.29, 0.717) is 22.3 Å². The fraction of sp³-hybridized carbons (Fsp3) is 0.405. The second-order valence-corrected chi connectivity index (χ2v) is 21.5. The Labute approximate surface area is 394 Å². The molecular weight excluding hydrogens is 977 g/mol. The fourth-order valence-electron chi connectivity index (χ4n) is 8.01. The van der Waals surface area contributed by atoms with Crippen LogP contribution in [0.25, 0.3) is 0 Å². The zero-order valence-electron chi connectivity index (χ0n) is 37.2. The van der Waals surface area contributed by atoms with E-state index < -0.39 is 96.7 Å². The zero-order valence-corrected chi connectivity index (χ0v) is 40.5. The number of rotatable bonds is 18. The summed E-state index contributed by atoms with van der Waals surface area (Å²) in [5.74, 6) is -1.72. The molecule has 374 valence electrons. The molecule has 4 atom stereocenters. The van der Waals surface area contributed by atoms with Crippen LogP contribution in [0.4, 0.5) is 0 Å². The minimum atomic E-state index is -4.79. The predicted molar refractivity (Wildman–Crippen MR) is 244 cm³/mol. The van der Waals surface area contributed by atoms with E-state index in [9.17, 15) is 61.8 Å². The molecular formula is C42H54N4O18S4. The first-order chi connectivity index (χ1) is 31.8. The van der Waals surface area contributed by atoms with Crippen LogP contribution in [0.5, 0.6) is 23.0 Å². The molecule has 1 fully saturated rings. The average molecular weight is 1030 g/mol. The van der Waals surface area contributed by atoms with E-state index in [-0.39, 0.29) is 74.9 Å². The van der Waals surface area contributed by atoms with Gasteiger partial charge in [-0.1, -0.05) is 24.3 Å². The Morgan fingerprint density at radius 3 is 1.10 bits per heavy atom. The molecule has 1 aliphatic heterocycles. The van der Waals surface area contributed by atoms with Gasteiger partial charge in [-0.2, -0.15) is 33.7 Å². The lowest BCUT2D eigenvalue weighted by atomic mass is 9.98. The van der Waals surface area contributed by atoms with E-state index in [1.54, 1.807) is 29.2 Å². The summed E-state index contributed by atoms with van der Waals surface area (Å²) >= 11 is 0. The van der Waals surface area contributed by atoms with Gasteiger partial charge < -0.3 is 40.0 Å². The van der Waals surface area contributed by atoms with Crippen LogP contribution in [-0.2, 0) is 71.0 Å². The predicted octanol–water partition coefficient (Wildman–Crippen LogP) is 1.62. The van der Waals surface area contributed by atoms with Gasteiger partial charge in [-0.3, -0.25) is 27.9 Å². The van der Waals surface area contributed by atoms with Crippen LogP contribution in [0.1, 0.15) is 22.3 Å². The van der Waals surface area contributed by atoms with Crippen LogP contribution in [0.3, 0.4) is 0 Å². The average Bonchev–Trinajstić information content (AvgIpc) is 3.26. The van der Waals surface area contributed by atoms with Crippen LogP contribution >= 0.6 is 0 Å². The first-order valence-electron chi connectivity index (χ1n) is 20.6. The lowest BCUT2D eigenvalue weighted by molar-refractivity contribution is -0.139. The summed E-state index contributed by atoms with van der Waals surface area (Å²) in [5, 5.41) is 20.7. The van der Waals surface area contributed by atoms with Gasteiger partial charge >= 0.3 is 5.97 Å². The Morgan fingerprint density at radius 1 is 0.500 bits per heavy atom. The fourth-order valence-corrected chi connectivity index (χ4v) is 10.8. The Bertz CT molecular complexity index is 2900. The van der Waals surface area contributed by atoms with Gasteiger partial charge in [-0.05, 0) is 96.5 Å². The van der Waals surface area contributed by atoms with Gasteiger partial charge in [0.25, 0.3) is 40.5 Å². The number of methoxy groups -OCH3 is 4. The monoisotopic (exact) mass is 1030 g/mol. The summed E-state index contributed by atoms with van der Waals surface area (Å²) < 4.78 is 160. The number of aliphatic carboxylic acids is 1. The minimum Gasteiger partial charge on any atom is -0.495 e. The second-order valence-electron chi connectivity index (χ2n) is 16.0. The maximum Gasteiger partial charge on any atom is 0.317 e. The van der Waals surface area contributed by atoms with Crippen LogP contribution in [0.15, 0.2) is 92.4 Å². The van der Waals surface area contributed by atoms with Crippen molar-refractivity contribution in [3.8, 4) is 23.0 Å². The molecule has 5 rings (SSSR count). The maximum atomic E-state index is 12.7. The minimum absolute atomic E-state index is 0.00278.